The predicted molar refractivity (Wildman–Crippen MR) is 79.9 cm³/mol. The molecule has 3 nitrogen and oxygen atoms in total. The molecule has 0 saturated heterocycles. The Morgan fingerprint density at radius 1 is 1.14 bits per heavy atom. The van der Waals surface area contributed by atoms with Crippen LogP contribution in [-0.4, -0.2) is 17.2 Å². The van der Waals surface area contributed by atoms with Crippen LogP contribution in [0.2, 0.25) is 0 Å². The highest BCUT2D eigenvalue weighted by molar-refractivity contribution is 5.88. The number of benzene rings is 1. The zero-order valence-electron chi connectivity index (χ0n) is 12.6. The molecule has 1 aromatic rings. The van der Waals surface area contributed by atoms with Gasteiger partial charge in [-0.05, 0) is 74.3 Å². The first kappa shape index (κ1) is 14.0. The van der Waals surface area contributed by atoms with Crippen LogP contribution in [0, 0.1) is 11.2 Å². The van der Waals surface area contributed by atoms with Crippen molar-refractivity contribution in [1.82, 2.24) is 0 Å². The van der Waals surface area contributed by atoms with E-state index in [-0.39, 0.29) is 11.7 Å². The zero-order valence-corrected chi connectivity index (χ0v) is 12.6. The molecule has 0 atom stereocenters. The molecule has 0 radical (unpaired) electrons. The van der Waals surface area contributed by atoms with E-state index in [1.54, 1.807) is 0 Å². The minimum absolute atomic E-state index is 0.152. The third-order valence-corrected chi connectivity index (χ3v) is 5.59. The van der Waals surface area contributed by atoms with Crippen molar-refractivity contribution in [2.75, 3.05) is 0 Å². The molecule has 1 spiro atoms. The summed E-state index contributed by atoms with van der Waals surface area (Å²) in [5.74, 6) is -0.991. The van der Waals surface area contributed by atoms with Crippen LogP contribution in [0.15, 0.2) is 12.1 Å². The lowest BCUT2D eigenvalue weighted by Crippen LogP contribution is -2.25. The van der Waals surface area contributed by atoms with Crippen LogP contribution in [0.25, 0.3) is 0 Å². The van der Waals surface area contributed by atoms with E-state index in [9.17, 15) is 9.18 Å². The van der Waals surface area contributed by atoms with Crippen LogP contribution in [0.3, 0.4) is 0 Å². The Labute approximate surface area is 129 Å². The van der Waals surface area contributed by atoms with Gasteiger partial charge < -0.3 is 9.84 Å². The van der Waals surface area contributed by atoms with Gasteiger partial charge in [0.1, 0.15) is 11.6 Å². The third kappa shape index (κ3) is 2.59. The molecule has 1 N–H and O–H groups in total. The smallest absolute Gasteiger partial charge is 0.338 e. The van der Waals surface area contributed by atoms with Crippen molar-refractivity contribution in [3.05, 3.63) is 29.1 Å². The Balaban J connectivity index is 1.55. The predicted octanol–water partition coefficient (Wildman–Crippen LogP) is 4.50. The third-order valence-electron chi connectivity index (χ3n) is 5.59. The second kappa shape index (κ2) is 4.97. The fraction of sp³-hybridized carbons (Fsp3) is 0.611. The molecule has 0 bridgehead atoms. The topological polar surface area (TPSA) is 46.5 Å². The van der Waals surface area contributed by atoms with Gasteiger partial charge in [0, 0.05) is 6.07 Å². The fourth-order valence-electron chi connectivity index (χ4n) is 3.73. The maximum absolute atomic E-state index is 14.0. The van der Waals surface area contributed by atoms with Crippen molar-refractivity contribution in [3.63, 3.8) is 0 Å². The van der Waals surface area contributed by atoms with Crippen LogP contribution < -0.4 is 4.74 Å². The maximum atomic E-state index is 14.0. The number of aromatic carboxylic acids is 1. The highest BCUT2D eigenvalue weighted by Crippen LogP contribution is 2.56. The van der Waals surface area contributed by atoms with E-state index in [4.69, 9.17) is 9.84 Å². The lowest BCUT2D eigenvalue weighted by molar-refractivity contribution is 0.0691. The summed E-state index contributed by atoms with van der Waals surface area (Å²) in [6.07, 6.45) is 9.43. The number of hydrogen-bond acceptors (Lipinski definition) is 2. The monoisotopic (exact) mass is 304 g/mol. The van der Waals surface area contributed by atoms with Gasteiger partial charge in [0.15, 0.2) is 0 Å². The first-order valence-electron chi connectivity index (χ1n) is 8.30. The maximum Gasteiger partial charge on any atom is 0.338 e. The van der Waals surface area contributed by atoms with Crippen molar-refractivity contribution >= 4 is 5.97 Å². The lowest BCUT2D eigenvalue weighted by Gasteiger charge is -2.29. The van der Waals surface area contributed by atoms with Crippen LogP contribution in [-0.2, 0) is 0 Å². The summed E-state index contributed by atoms with van der Waals surface area (Å²) in [5.41, 5.74) is 1.25. The summed E-state index contributed by atoms with van der Waals surface area (Å²) < 4.78 is 20.1. The van der Waals surface area contributed by atoms with Gasteiger partial charge in [-0.1, -0.05) is 0 Å². The average molecular weight is 304 g/mol. The van der Waals surface area contributed by atoms with Crippen LogP contribution in [0.4, 0.5) is 4.39 Å². The number of ether oxygens (including phenoxy) is 1. The quantitative estimate of drug-likeness (QED) is 0.890. The van der Waals surface area contributed by atoms with E-state index in [2.05, 4.69) is 0 Å². The van der Waals surface area contributed by atoms with Crippen LogP contribution >= 0.6 is 0 Å². The van der Waals surface area contributed by atoms with Crippen molar-refractivity contribution in [2.45, 2.75) is 63.4 Å². The van der Waals surface area contributed by atoms with Gasteiger partial charge in [0.25, 0.3) is 0 Å². The molecular formula is C18H21FO3. The normalized spacial score (nSPS) is 23.5. The highest BCUT2D eigenvalue weighted by atomic mass is 19.1. The first-order chi connectivity index (χ1) is 10.6. The van der Waals surface area contributed by atoms with Gasteiger partial charge in [0.2, 0.25) is 0 Å². The lowest BCUT2D eigenvalue weighted by atomic mass is 9.84. The molecule has 0 unspecified atom stereocenters. The fourth-order valence-corrected chi connectivity index (χ4v) is 3.73. The van der Waals surface area contributed by atoms with Gasteiger partial charge in [-0.2, -0.15) is 0 Å². The van der Waals surface area contributed by atoms with E-state index >= 15 is 0 Å². The Kier molecular flexibility index (Phi) is 3.17. The van der Waals surface area contributed by atoms with Crippen molar-refractivity contribution in [3.8, 4) is 5.75 Å². The molecule has 0 amide bonds. The number of halogens is 1. The van der Waals surface area contributed by atoms with Crippen molar-refractivity contribution in [2.24, 2.45) is 5.41 Å². The summed E-state index contributed by atoms with van der Waals surface area (Å²) in [6.45, 7) is 0. The van der Waals surface area contributed by atoms with Crippen molar-refractivity contribution in [1.29, 1.82) is 0 Å². The highest BCUT2D eigenvalue weighted by Gasteiger charge is 2.45. The summed E-state index contributed by atoms with van der Waals surface area (Å²) in [5, 5.41) is 9.09. The molecule has 3 aliphatic carbocycles. The average Bonchev–Trinajstić information content (AvgIpc) is 3.38. The molecular weight excluding hydrogens is 283 g/mol. The molecule has 1 aromatic carbocycles. The van der Waals surface area contributed by atoms with Crippen molar-refractivity contribution < 1.29 is 19.0 Å². The van der Waals surface area contributed by atoms with Gasteiger partial charge in [-0.25, -0.2) is 9.18 Å². The largest absolute Gasteiger partial charge is 0.490 e. The molecule has 3 fully saturated rings. The minimum atomic E-state index is -1.21. The molecule has 0 heterocycles. The van der Waals surface area contributed by atoms with E-state index < -0.39 is 11.8 Å². The molecule has 4 rings (SSSR count). The summed E-state index contributed by atoms with van der Waals surface area (Å²) >= 11 is 0. The number of rotatable bonds is 4. The van der Waals surface area contributed by atoms with Gasteiger partial charge >= 0.3 is 5.97 Å². The second-order valence-electron chi connectivity index (χ2n) is 7.27. The SMILES string of the molecule is O=C(O)c1cc(C2CC2)c(OC2CCC3(CC2)CC3)cc1F. The Bertz CT molecular complexity index is 607. The Hall–Kier alpha value is -1.58. The van der Waals surface area contributed by atoms with E-state index in [1.165, 1.54) is 37.8 Å². The number of carboxylic acids is 1. The van der Waals surface area contributed by atoms with Crippen LogP contribution in [0.1, 0.15) is 73.2 Å². The van der Waals surface area contributed by atoms with E-state index in [0.29, 0.717) is 17.1 Å². The van der Waals surface area contributed by atoms with Gasteiger partial charge in [-0.15, -0.1) is 0 Å². The summed E-state index contributed by atoms with van der Waals surface area (Å²) in [6, 6.07) is 2.77. The number of carbonyl (C=O) groups is 1. The minimum Gasteiger partial charge on any atom is -0.490 e. The van der Waals surface area contributed by atoms with Gasteiger partial charge in [0.05, 0.1) is 11.7 Å². The summed E-state index contributed by atoms with van der Waals surface area (Å²) in [4.78, 5) is 11.1. The molecule has 22 heavy (non-hydrogen) atoms. The Morgan fingerprint density at radius 3 is 2.36 bits per heavy atom. The molecule has 0 aromatic heterocycles. The molecule has 3 aliphatic rings. The second-order valence-corrected chi connectivity index (χ2v) is 7.27. The molecule has 118 valence electrons. The Morgan fingerprint density at radius 2 is 1.82 bits per heavy atom. The standard InChI is InChI=1S/C18H21FO3/c19-15-10-16(13(11-1-2-11)9-14(15)17(20)21)22-12-3-5-18(6-4-12)7-8-18/h9-12H,1-8H2,(H,20,21). The van der Waals surface area contributed by atoms with Gasteiger partial charge in [-0.3, -0.25) is 0 Å². The number of hydrogen-bond donors (Lipinski definition) is 1. The molecule has 4 heteroatoms. The summed E-state index contributed by atoms with van der Waals surface area (Å²) in [7, 11) is 0. The van der Waals surface area contributed by atoms with E-state index in [1.807, 2.05) is 0 Å². The van der Waals surface area contributed by atoms with Crippen LogP contribution in [0.5, 0.6) is 5.75 Å². The molecule has 3 saturated carbocycles. The zero-order chi connectivity index (χ0) is 15.3. The first-order valence-corrected chi connectivity index (χ1v) is 8.30. The molecule has 0 aliphatic heterocycles. The van der Waals surface area contributed by atoms with E-state index in [0.717, 1.165) is 31.2 Å². The number of carboxylic acid groups (broad SMARTS) is 1.